The Hall–Kier alpha value is -1.57. The third-order valence-electron chi connectivity index (χ3n) is 5.45. The van der Waals surface area contributed by atoms with E-state index in [4.69, 9.17) is 5.11 Å². The number of rotatable bonds is 4. The van der Waals surface area contributed by atoms with Gasteiger partial charge in [0.1, 0.15) is 0 Å². The first kappa shape index (κ1) is 16.8. The quantitative estimate of drug-likeness (QED) is 0.702. The summed E-state index contributed by atoms with van der Waals surface area (Å²) in [4.78, 5) is 10.7. The van der Waals surface area contributed by atoms with Gasteiger partial charge in [0, 0.05) is 5.41 Å². The lowest BCUT2D eigenvalue weighted by atomic mass is 9.60. The summed E-state index contributed by atoms with van der Waals surface area (Å²) in [5.41, 5.74) is 5.68. The summed E-state index contributed by atoms with van der Waals surface area (Å²) >= 11 is 0. The Morgan fingerprint density at radius 2 is 2.00 bits per heavy atom. The molecular formula is C20H28O2. The number of hydrogen-bond acceptors (Lipinski definition) is 1. The van der Waals surface area contributed by atoms with Gasteiger partial charge >= 0.3 is 5.97 Å². The van der Waals surface area contributed by atoms with Gasteiger partial charge in [-0.3, -0.25) is 4.79 Å². The van der Waals surface area contributed by atoms with Crippen molar-refractivity contribution in [3.05, 3.63) is 46.6 Å². The first-order valence-corrected chi connectivity index (χ1v) is 8.16. The van der Waals surface area contributed by atoms with Crippen molar-refractivity contribution in [3.8, 4) is 0 Å². The third kappa shape index (κ3) is 3.11. The summed E-state index contributed by atoms with van der Waals surface area (Å²) in [5, 5.41) is 8.78. The molecule has 0 aliphatic heterocycles. The summed E-state index contributed by atoms with van der Waals surface area (Å²) < 4.78 is 0. The predicted molar refractivity (Wildman–Crippen MR) is 91.7 cm³/mol. The number of carboxylic acids is 1. The second kappa shape index (κ2) is 5.91. The summed E-state index contributed by atoms with van der Waals surface area (Å²) in [7, 11) is 0. The van der Waals surface area contributed by atoms with Crippen LogP contribution in [0.2, 0.25) is 0 Å². The van der Waals surface area contributed by atoms with Gasteiger partial charge < -0.3 is 5.11 Å². The highest BCUT2D eigenvalue weighted by Gasteiger charge is 2.45. The molecule has 0 aromatic rings. The minimum atomic E-state index is -0.777. The number of aliphatic carboxylic acids is 1. The van der Waals surface area contributed by atoms with Crippen LogP contribution in [0, 0.1) is 10.8 Å². The van der Waals surface area contributed by atoms with Crippen LogP contribution in [0.3, 0.4) is 0 Å². The van der Waals surface area contributed by atoms with E-state index in [-0.39, 0.29) is 17.3 Å². The van der Waals surface area contributed by atoms with Crippen LogP contribution in [0.4, 0.5) is 0 Å². The molecule has 1 saturated carbocycles. The van der Waals surface area contributed by atoms with E-state index in [0.717, 1.165) is 5.57 Å². The van der Waals surface area contributed by atoms with Gasteiger partial charge in [0.25, 0.3) is 0 Å². The fourth-order valence-electron chi connectivity index (χ4n) is 4.01. The maximum absolute atomic E-state index is 10.7. The van der Waals surface area contributed by atoms with E-state index in [0.29, 0.717) is 0 Å². The zero-order valence-electron chi connectivity index (χ0n) is 14.5. The average molecular weight is 300 g/mol. The molecule has 2 aliphatic carbocycles. The Bertz CT molecular complexity index is 599. The Morgan fingerprint density at radius 3 is 2.59 bits per heavy atom. The van der Waals surface area contributed by atoms with Crippen molar-refractivity contribution in [2.75, 3.05) is 0 Å². The molecule has 0 radical (unpaired) electrons. The van der Waals surface area contributed by atoms with Gasteiger partial charge in [-0.15, -0.1) is 0 Å². The molecule has 2 aliphatic rings. The average Bonchev–Trinajstić information content (AvgIpc) is 2.63. The van der Waals surface area contributed by atoms with Crippen LogP contribution in [-0.2, 0) is 4.79 Å². The first-order chi connectivity index (χ1) is 10.2. The van der Waals surface area contributed by atoms with Crippen molar-refractivity contribution in [2.24, 2.45) is 10.8 Å². The highest BCUT2D eigenvalue weighted by Crippen LogP contribution is 2.58. The lowest BCUT2D eigenvalue weighted by Gasteiger charge is -2.44. The monoisotopic (exact) mass is 300 g/mol. The Labute approximate surface area is 134 Å². The van der Waals surface area contributed by atoms with Crippen molar-refractivity contribution >= 4 is 5.97 Å². The Kier molecular flexibility index (Phi) is 4.51. The standard InChI is InChI=1S/C20H28O2/c1-14(12-18(21)22)8-6-9-16-13-17-19(3,4)10-7-11-20(17,5)15(16)2/h6,8-9,13H,7,10-12H2,1-5H3,(H,21,22)/b9-6+,14-8+. The molecule has 1 N–H and O–H groups in total. The van der Waals surface area contributed by atoms with Crippen molar-refractivity contribution in [3.63, 3.8) is 0 Å². The summed E-state index contributed by atoms with van der Waals surface area (Å²) in [6.45, 7) is 11.2. The molecule has 22 heavy (non-hydrogen) atoms. The molecule has 2 nitrogen and oxygen atoms in total. The van der Waals surface area contributed by atoms with E-state index in [1.807, 2.05) is 19.1 Å². The van der Waals surface area contributed by atoms with E-state index in [2.05, 4.69) is 39.8 Å². The zero-order valence-corrected chi connectivity index (χ0v) is 14.5. The van der Waals surface area contributed by atoms with E-state index < -0.39 is 5.97 Å². The van der Waals surface area contributed by atoms with E-state index in [1.54, 1.807) is 5.57 Å². The molecule has 0 saturated heterocycles. The van der Waals surface area contributed by atoms with Crippen LogP contribution < -0.4 is 0 Å². The summed E-state index contributed by atoms with van der Waals surface area (Å²) in [5.74, 6) is -0.777. The number of allylic oxidation sites excluding steroid dienone is 7. The van der Waals surface area contributed by atoms with Crippen LogP contribution in [0.15, 0.2) is 46.6 Å². The Balaban J connectivity index is 2.25. The molecule has 0 aromatic heterocycles. The van der Waals surface area contributed by atoms with Crippen molar-refractivity contribution < 1.29 is 9.90 Å². The van der Waals surface area contributed by atoms with Gasteiger partial charge in [0.2, 0.25) is 0 Å². The van der Waals surface area contributed by atoms with Gasteiger partial charge in [-0.2, -0.15) is 0 Å². The van der Waals surface area contributed by atoms with E-state index in [9.17, 15) is 4.79 Å². The third-order valence-corrected chi connectivity index (χ3v) is 5.45. The second-order valence-corrected chi connectivity index (χ2v) is 7.65. The number of carbonyl (C=O) groups is 1. The molecule has 1 atom stereocenters. The SMILES string of the molecule is CC1=C(/C=C/C=C(\C)CC(=O)O)C=C2C(C)(C)CCCC21C. The zero-order chi connectivity index (χ0) is 16.5. The topological polar surface area (TPSA) is 37.3 Å². The molecule has 0 heterocycles. The molecule has 0 amide bonds. The fraction of sp³-hybridized carbons (Fsp3) is 0.550. The maximum atomic E-state index is 10.7. The first-order valence-electron chi connectivity index (χ1n) is 8.16. The molecular weight excluding hydrogens is 272 g/mol. The fourth-order valence-corrected chi connectivity index (χ4v) is 4.01. The van der Waals surface area contributed by atoms with Crippen molar-refractivity contribution in [2.45, 2.75) is 60.3 Å². The van der Waals surface area contributed by atoms with Crippen molar-refractivity contribution in [1.29, 1.82) is 0 Å². The lowest BCUT2D eigenvalue weighted by Crippen LogP contribution is -2.33. The van der Waals surface area contributed by atoms with Gasteiger partial charge in [-0.1, -0.05) is 68.2 Å². The van der Waals surface area contributed by atoms with Crippen LogP contribution in [0.25, 0.3) is 0 Å². The predicted octanol–water partition coefficient (Wildman–Crippen LogP) is 5.44. The maximum Gasteiger partial charge on any atom is 0.307 e. The van der Waals surface area contributed by atoms with E-state index in [1.165, 1.54) is 30.4 Å². The molecule has 1 fully saturated rings. The largest absolute Gasteiger partial charge is 0.481 e. The number of carboxylic acid groups (broad SMARTS) is 1. The Morgan fingerprint density at radius 1 is 1.32 bits per heavy atom. The minimum absolute atomic E-state index is 0.105. The second-order valence-electron chi connectivity index (χ2n) is 7.65. The molecule has 0 bridgehead atoms. The van der Waals surface area contributed by atoms with Crippen LogP contribution in [-0.4, -0.2) is 11.1 Å². The number of hydrogen-bond donors (Lipinski definition) is 1. The molecule has 2 rings (SSSR count). The molecule has 0 aromatic carbocycles. The van der Waals surface area contributed by atoms with E-state index >= 15 is 0 Å². The number of fused-ring (bicyclic) bond motifs is 1. The molecule has 2 heteroatoms. The van der Waals surface area contributed by atoms with Gasteiger partial charge in [-0.25, -0.2) is 0 Å². The van der Waals surface area contributed by atoms with Crippen molar-refractivity contribution in [1.82, 2.24) is 0 Å². The highest BCUT2D eigenvalue weighted by molar-refractivity contribution is 5.70. The van der Waals surface area contributed by atoms with Crippen LogP contribution in [0.1, 0.15) is 60.3 Å². The van der Waals surface area contributed by atoms with Gasteiger partial charge in [0.05, 0.1) is 6.42 Å². The molecule has 0 spiro atoms. The normalized spacial score (nSPS) is 28.0. The smallest absolute Gasteiger partial charge is 0.307 e. The lowest BCUT2D eigenvalue weighted by molar-refractivity contribution is -0.136. The highest BCUT2D eigenvalue weighted by atomic mass is 16.4. The van der Waals surface area contributed by atoms with Gasteiger partial charge in [-0.05, 0) is 37.7 Å². The van der Waals surface area contributed by atoms with Crippen LogP contribution >= 0.6 is 0 Å². The minimum Gasteiger partial charge on any atom is -0.481 e. The summed E-state index contributed by atoms with van der Waals surface area (Å²) in [6, 6.07) is 0. The summed E-state index contributed by atoms with van der Waals surface area (Å²) in [6.07, 6.45) is 12.3. The molecule has 120 valence electrons. The van der Waals surface area contributed by atoms with Crippen LogP contribution in [0.5, 0.6) is 0 Å². The van der Waals surface area contributed by atoms with Gasteiger partial charge in [0.15, 0.2) is 0 Å². The molecule has 1 unspecified atom stereocenters.